The highest BCUT2D eigenvalue weighted by molar-refractivity contribution is 6.13. The van der Waals surface area contributed by atoms with Crippen molar-refractivity contribution in [2.45, 2.75) is 19.3 Å². The van der Waals surface area contributed by atoms with Crippen molar-refractivity contribution in [3.8, 4) is 50.7 Å². The van der Waals surface area contributed by atoms with E-state index in [1.807, 2.05) is 36.4 Å². The highest BCUT2D eigenvalue weighted by Crippen LogP contribution is 2.55. The fourth-order valence-electron chi connectivity index (χ4n) is 7.09. The number of hydrogen-bond acceptors (Lipinski definition) is 3. The molecule has 0 fully saturated rings. The van der Waals surface area contributed by atoms with E-state index in [1.165, 1.54) is 22.4 Å². The number of benzene rings is 5. The maximum Gasteiger partial charge on any atom is 0.161 e. The molecular formula is C41H29N3O. The van der Waals surface area contributed by atoms with E-state index in [2.05, 4.69) is 122 Å². The number of aromatic nitrogens is 3. The first-order valence-electron chi connectivity index (χ1n) is 15.3. The average molecular weight is 580 g/mol. The topological polar surface area (TPSA) is 43.9 Å². The van der Waals surface area contributed by atoms with Gasteiger partial charge in [0.25, 0.3) is 0 Å². The molecule has 214 valence electrons. The standard InChI is InChI=1S/C41H29N3O/c1-41(2)32-21-13-12-20-30(32)36-38-37(44(39(36)41)29-18-10-5-11-19-29)31-24-28(22-23-35(31)45-38)40-42-33(26-14-6-3-7-15-26)25-34(43-40)27-16-8-4-9-17-27/h3-25H,1-2H3. The summed E-state index contributed by atoms with van der Waals surface area (Å²) < 4.78 is 9.18. The zero-order valence-electron chi connectivity index (χ0n) is 25.0. The first kappa shape index (κ1) is 25.7. The Morgan fingerprint density at radius 1 is 0.600 bits per heavy atom. The Labute approximate surface area is 261 Å². The fourth-order valence-corrected chi connectivity index (χ4v) is 7.09. The van der Waals surface area contributed by atoms with Gasteiger partial charge in [-0.15, -0.1) is 0 Å². The van der Waals surface area contributed by atoms with Gasteiger partial charge < -0.3 is 8.98 Å². The molecule has 0 N–H and O–H groups in total. The zero-order chi connectivity index (χ0) is 30.1. The lowest BCUT2D eigenvalue weighted by Gasteiger charge is -2.24. The lowest BCUT2D eigenvalue weighted by molar-refractivity contribution is 0.624. The van der Waals surface area contributed by atoms with Crippen LogP contribution in [0.5, 0.6) is 0 Å². The number of furan rings is 1. The maximum absolute atomic E-state index is 6.76. The molecule has 3 heterocycles. The van der Waals surface area contributed by atoms with Gasteiger partial charge in [0.15, 0.2) is 11.4 Å². The third-order valence-corrected chi connectivity index (χ3v) is 9.17. The van der Waals surface area contributed by atoms with Gasteiger partial charge in [0.2, 0.25) is 0 Å². The molecule has 0 atom stereocenters. The Morgan fingerprint density at radius 3 is 1.87 bits per heavy atom. The number of fused-ring (bicyclic) bond motifs is 7. The summed E-state index contributed by atoms with van der Waals surface area (Å²) in [5.41, 5.74) is 13.6. The maximum atomic E-state index is 6.76. The van der Waals surface area contributed by atoms with E-state index in [-0.39, 0.29) is 5.41 Å². The molecule has 4 heteroatoms. The van der Waals surface area contributed by atoms with Crippen molar-refractivity contribution in [3.63, 3.8) is 0 Å². The van der Waals surface area contributed by atoms with Crippen LogP contribution < -0.4 is 0 Å². The van der Waals surface area contributed by atoms with Crippen LogP contribution in [0.4, 0.5) is 0 Å². The number of rotatable bonds is 4. The summed E-state index contributed by atoms with van der Waals surface area (Å²) in [5.74, 6) is 0.683. The molecule has 0 spiro atoms. The molecule has 0 saturated carbocycles. The van der Waals surface area contributed by atoms with Crippen LogP contribution in [-0.4, -0.2) is 14.5 Å². The largest absolute Gasteiger partial charge is 0.454 e. The molecular weight excluding hydrogens is 550 g/mol. The molecule has 5 aromatic carbocycles. The van der Waals surface area contributed by atoms with Crippen LogP contribution in [0, 0.1) is 0 Å². The molecule has 9 rings (SSSR count). The summed E-state index contributed by atoms with van der Waals surface area (Å²) in [6.45, 7) is 4.63. The van der Waals surface area contributed by atoms with Crippen LogP contribution in [0.25, 0.3) is 72.8 Å². The number of nitrogens with zero attached hydrogens (tertiary/aromatic N) is 3. The second-order valence-electron chi connectivity index (χ2n) is 12.2. The first-order valence-corrected chi connectivity index (χ1v) is 15.3. The lowest BCUT2D eigenvalue weighted by atomic mass is 9.85. The summed E-state index contributed by atoms with van der Waals surface area (Å²) in [6.07, 6.45) is 0. The molecule has 0 bridgehead atoms. The van der Waals surface area contributed by atoms with E-state index in [1.54, 1.807) is 0 Å². The van der Waals surface area contributed by atoms with Crippen molar-refractivity contribution in [1.29, 1.82) is 0 Å². The molecule has 1 aliphatic rings. The van der Waals surface area contributed by atoms with Crippen molar-refractivity contribution >= 4 is 22.1 Å². The molecule has 0 aliphatic heterocycles. The molecule has 1 aliphatic carbocycles. The van der Waals surface area contributed by atoms with Crippen molar-refractivity contribution in [2.75, 3.05) is 0 Å². The van der Waals surface area contributed by atoms with Crippen molar-refractivity contribution in [2.24, 2.45) is 0 Å². The Balaban J connectivity index is 1.33. The van der Waals surface area contributed by atoms with E-state index in [0.717, 1.165) is 55.8 Å². The summed E-state index contributed by atoms with van der Waals surface area (Å²) in [7, 11) is 0. The van der Waals surface area contributed by atoms with E-state index >= 15 is 0 Å². The van der Waals surface area contributed by atoms with Gasteiger partial charge in [0, 0.05) is 44.4 Å². The zero-order valence-corrected chi connectivity index (χ0v) is 25.0. The minimum atomic E-state index is -0.203. The van der Waals surface area contributed by atoms with Gasteiger partial charge in [-0.25, -0.2) is 9.97 Å². The second kappa shape index (κ2) is 9.63. The van der Waals surface area contributed by atoms with Crippen LogP contribution in [0.2, 0.25) is 0 Å². The minimum absolute atomic E-state index is 0.203. The van der Waals surface area contributed by atoms with Gasteiger partial charge in [-0.05, 0) is 47.5 Å². The predicted octanol–water partition coefficient (Wildman–Crippen LogP) is 10.5. The van der Waals surface area contributed by atoms with Crippen LogP contribution in [0.3, 0.4) is 0 Å². The van der Waals surface area contributed by atoms with Gasteiger partial charge in [-0.1, -0.05) is 117 Å². The second-order valence-corrected chi connectivity index (χ2v) is 12.2. The molecule has 0 radical (unpaired) electrons. The SMILES string of the molecule is CC1(C)c2ccccc2-c2c1n(-c1ccccc1)c1c2oc2ccc(-c3nc(-c4ccccc4)cc(-c4ccccc4)n3)cc21. The molecule has 0 unspecified atom stereocenters. The molecule has 3 aromatic heterocycles. The Hall–Kier alpha value is -5.74. The van der Waals surface area contributed by atoms with Gasteiger partial charge >= 0.3 is 0 Å². The molecule has 8 aromatic rings. The van der Waals surface area contributed by atoms with E-state index < -0.39 is 0 Å². The normalized spacial score (nSPS) is 13.3. The third kappa shape index (κ3) is 3.85. The van der Waals surface area contributed by atoms with Gasteiger partial charge in [-0.3, -0.25) is 0 Å². The summed E-state index contributed by atoms with van der Waals surface area (Å²) >= 11 is 0. The Bertz CT molecular complexity index is 2330. The van der Waals surface area contributed by atoms with Gasteiger partial charge in [0.1, 0.15) is 11.1 Å². The van der Waals surface area contributed by atoms with Crippen molar-refractivity contribution in [1.82, 2.24) is 14.5 Å². The Morgan fingerprint density at radius 2 is 1.20 bits per heavy atom. The third-order valence-electron chi connectivity index (χ3n) is 9.17. The molecule has 45 heavy (non-hydrogen) atoms. The Kier molecular flexibility index (Phi) is 5.51. The monoisotopic (exact) mass is 579 g/mol. The van der Waals surface area contributed by atoms with Crippen molar-refractivity contribution in [3.05, 3.63) is 151 Å². The number of para-hydroxylation sites is 1. The summed E-state index contributed by atoms with van der Waals surface area (Å²) in [4.78, 5) is 10.2. The van der Waals surface area contributed by atoms with Crippen LogP contribution in [-0.2, 0) is 5.41 Å². The molecule has 0 amide bonds. The van der Waals surface area contributed by atoms with Crippen LogP contribution in [0.1, 0.15) is 25.1 Å². The fraction of sp³-hybridized carbons (Fsp3) is 0.0732. The minimum Gasteiger partial charge on any atom is -0.454 e. The summed E-state index contributed by atoms with van der Waals surface area (Å²) in [6, 6.07) is 48.4. The van der Waals surface area contributed by atoms with Gasteiger partial charge in [0.05, 0.1) is 11.4 Å². The highest BCUT2D eigenvalue weighted by Gasteiger charge is 2.42. The number of hydrogen-bond donors (Lipinski definition) is 0. The smallest absolute Gasteiger partial charge is 0.161 e. The predicted molar refractivity (Wildman–Crippen MR) is 183 cm³/mol. The average Bonchev–Trinajstić information content (AvgIpc) is 3.71. The first-order chi connectivity index (χ1) is 22.1. The molecule has 0 saturated heterocycles. The molecule has 4 nitrogen and oxygen atoms in total. The lowest BCUT2D eigenvalue weighted by Crippen LogP contribution is -2.19. The highest BCUT2D eigenvalue weighted by atomic mass is 16.3. The van der Waals surface area contributed by atoms with E-state index in [4.69, 9.17) is 14.4 Å². The van der Waals surface area contributed by atoms with Crippen LogP contribution >= 0.6 is 0 Å². The van der Waals surface area contributed by atoms with E-state index in [0.29, 0.717) is 5.82 Å². The van der Waals surface area contributed by atoms with Crippen molar-refractivity contribution < 1.29 is 4.42 Å². The quantitative estimate of drug-likeness (QED) is 0.208. The van der Waals surface area contributed by atoms with Crippen LogP contribution in [0.15, 0.2) is 144 Å². The summed E-state index contributed by atoms with van der Waals surface area (Å²) in [5, 5.41) is 1.05. The van der Waals surface area contributed by atoms with E-state index in [9.17, 15) is 0 Å². The van der Waals surface area contributed by atoms with Gasteiger partial charge in [-0.2, -0.15) is 0 Å².